The number of anilines is 1. The van der Waals surface area contributed by atoms with Crippen molar-refractivity contribution in [1.29, 1.82) is 0 Å². The number of nitrogens with one attached hydrogen (secondary N) is 1. The van der Waals surface area contributed by atoms with Crippen molar-refractivity contribution in [3.63, 3.8) is 0 Å². The summed E-state index contributed by atoms with van der Waals surface area (Å²) < 4.78 is 8.87. The molecule has 0 atom stereocenters. The maximum absolute atomic E-state index is 4.48. The Morgan fingerprint density at radius 1 is 1.28 bits per heavy atom. The topological polar surface area (TPSA) is 37.8 Å². The maximum atomic E-state index is 4.48. The van der Waals surface area contributed by atoms with Crippen molar-refractivity contribution >= 4 is 43.0 Å². The first-order valence-corrected chi connectivity index (χ1v) is 8.10. The molecular formula is C13H13N3SSe. The molecule has 0 fully saturated rings. The van der Waals surface area contributed by atoms with Gasteiger partial charge in [-0.2, -0.15) is 0 Å². The fraction of sp³-hybridized carbons (Fsp3) is 0.231. The first-order chi connectivity index (χ1) is 8.74. The quantitative estimate of drug-likeness (QED) is 0.754. The molecule has 0 amide bonds. The van der Waals surface area contributed by atoms with Gasteiger partial charge >= 0.3 is 116 Å². The van der Waals surface area contributed by atoms with Gasteiger partial charge in [-0.1, -0.05) is 0 Å². The summed E-state index contributed by atoms with van der Waals surface area (Å²) in [6.07, 6.45) is 0. The van der Waals surface area contributed by atoms with Crippen LogP contribution < -0.4 is 5.32 Å². The SMILES string of the molecule is Cc1cc(CNc2cccc3n[se]nc23)c(C)s1. The number of benzene rings is 1. The zero-order valence-corrected chi connectivity index (χ0v) is 12.8. The van der Waals surface area contributed by atoms with E-state index in [1.165, 1.54) is 15.3 Å². The third kappa shape index (κ3) is 2.21. The van der Waals surface area contributed by atoms with Crippen molar-refractivity contribution in [3.05, 3.63) is 39.6 Å². The van der Waals surface area contributed by atoms with Crippen LogP contribution in [0.25, 0.3) is 11.0 Å². The van der Waals surface area contributed by atoms with E-state index in [1.54, 1.807) is 0 Å². The molecule has 5 heteroatoms. The van der Waals surface area contributed by atoms with Gasteiger partial charge in [-0.3, -0.25) is 0 Å². The van der Waals surface area contributed by atoms with Crippen LogP contribution in [-0.4, -0.2) is 22.9 Å². The Bertz CT molecular complexity index is 686. The molecule has 0 unspecified atom stereocenters. The zero-order chi connectivity index (χ0) is 12.5. The van der Waals surface area contributed by atoms with Crippen molar-refractivity contribution in [2.24, 2.45) is 0 Å². The van der Waals surface area contributed by atoms with Crippen LogP contribution in [0.5, 0.6) is 0 Å². The van der Waals surface area contributed by atoms with Crippen LogP contribution in [0.2, 0.25) is 0 Å². The summed E-state index contributed by atoms with van der Waals surface area (Å²) in [5.41, 5.74) is 4.52. The summed E-state index contributed by atoms with van der Waals surface area (Å²) in [4.78, 5) is 2.75. The molecule has 0 bridgehead atoms. The van der Waals surface area contributed by atoms with Crippen molar-refractivity contribution in [2.75, 3.05) is 5.32 Å². The van der Waals surface area contributed by atoms with Gasteiger partial charge in [0, 0.05) is 0 Å². The molecule has 2 aromatic heterocycles. The summed E-state index contributed by atoms with van der Waals surface area (Å²) in [5, 5.41) is 3.48. The van der Waals surface area contributed by atoms with Crippen LogP contribution in [0.3, 0.4) is 0 Å². The first kappa shape index (κ1) is 11.9. The monoisotopic (exact) mass is 323 g/mol. The average Bonchev–Trinajstić information content (AvgIpc) is 2.93. The van der Waals surface area contributed by atoms with E-state index in [1.807, 2.05) is 23.5 Å². The molecule has 3 rings (SSSR count). The van der Waals surface area contributed by atoms with Crippen molar-refractivity contribution in [1.82, 2.24) is 7.96 Å². The van der Waals surface area contributed by atoms with E-state index in [4.69, 9.17) is 0 Å². The molecule has 0 saturated heterocycles. The van der Waals surface area contributed by atoms with Gasteiger partial charge in [0.25, 0.3) is 0 Å². The van der Waals surface area contributed by atoms with Gasteiger partial charge in [0.1, 0.15) is 0 Å². The molecular weight excluding hydrogens is 309 g/mol. The van der Waals surface area contributed by atoms with Gasteiger partial charge in [-0.15, -0.1) is 0 Å². The second kappa shape index (κ2) is 4.84. The molecule has 1 N–H and O–H groups in total. The normalized spacial score (nSPS) is 11.0. The zero-order valence-electron chi connectivity index (χ0n) is 10.2. The molecule has 0 aliphatic carbocycles. The number of hydrogen-bond acceptors (Lipinski definition) is 4. The summed E-state index contributed by atoms with van der Waals surface area (Å²) in [6.45, 7) is 5.18. The van der Waals surface area contributed by atoms with Crippen molar-refractivity contribution in [2.45, 2.75) is 20.4 Å². The van der Waals surface area contributed by atoms with Crippen molar-refractivity contribution in [3.8, 4) is 0 Å². The Kier molecular flexibility index (Phi) is 3.20. The van der Waals surface area contributed by atoms with Crippen LogP contribution in [-0.2, 0) is 6.54 Å². The number of hydrogen-bond donors (Lipinski definition) is 1. The van der Waals surface area contributed by atoms with E-state index in [0.29, 0.717) is 0 Å². The molecule has 0 aliphatic rings. The summed E-state index contributed by atoms with van der Waals surface area (Å²) in [7, 11) is 0. The molecule has 3 aromatic rings. The first-order valence-electron chi connectivity index (χ1n) is 5.75. The average molecular weight is 322 g/mol. The molecule has 1 aromatic carbocycles. The second-order valence-corrected chi connectivity index (χ2v) is 6.80. The fourth-order valence-corrected chi connectivity index (χ4v) is 4.10. The van der Waals surface area contributed by atoms with Crippen LogP contribution >= 0.6 is 11.3 Å². The van der Waals surface area contributed by atoms with Crippen molar-refractivity contribution < 1.29 is 0 Å². The summed E-state index contributed by atoms with van der Waals surface area (Å²) in [5.74, 6) is 0. The van der Waals surface area contributed by atoms with E-state index in [-0.39, 0.29) is 15.0 Å². The third-order valence-electron chi connectivity index (χ3n) is 2.90. The Morgan fingerprint density at radius 2 is 2.17 bits per heavy atom. The molecule has 0 aliphatic heterocycles. The minimum atomic E-state index is 0.0367. The van der Waals surface area contributed by atoms with E-state index in [9.17, 15) is 0 Å². The summed E-state index contributed by atoms with van der Waals surface area (Å²) in [6, 6.07) is 8.39. The number of aryl methyl sites for hydroxylation is 2. The molecule has 18 heavy (non-hydrogen) atoms. The van der Waals surface area contributed by atoms with Crippen LogP contribution in [0.4, 0.5) is 5.69 Å². The Morgan fingerprint density at radius 3 is 2.94 bits per heavy atom. The van der Waals surface area contributed by atoms with Gasteiger partial charge in [0.05, 0.1) is 0 Å². The standard InChI is InChI=1S/C13H13N3SSe/c1-8-6-10(9(2)17-8)7-14-11-4-3-5-12-13(11)16-18-15-12/h3-6,14H,7H2,1-2H3. The predicted octanol–water partition coefficient (Wildman–Crippen LogP) is 2.98. The molecule has 92 valence electrons. The Balaban J connectivity index is 1.85. The van der Waals surface area contributed by atoms with E-state index < -0.39 is 0 Å². The predicted molar refractivity (Wildman–Crippen MR) is 77.6 cm³/mol. The van der Waals surface area contributed by atoms with Crippen LogP contribution in [0.15, 0.2) is 24.3 Å². The van der Waals surface area contributed by atoms with E-state index in [2.05, 4.69) is 39.3 Å². The summed E-state index contributed by atoms with van der Waals surface area (Å²) >= 11 is 1.89. The van der Waals surface area contributed by atoms with Gasteiger partial charge in [-0.25, -0.2) is 0 Å². The number of rotatable bonds is 3. The van der Waals surface area contributed by atoms with Gasteiger partial charge in [0.15, 0.2) is 0 Å². The van der Waals surface area contributed by atoms with Gasteiger partial charge < -0.3 is 0 Å². The number of thiophene rings is 1. The van der Waals surface area contributed by atoms with Gasteiger partial charge in [0.2, 0.25) is 0 Å². The van der Waals surface area contributed by atoms with Crippen LogP contribution in [0.1, 0.15) is 15.3 Å². The Hall–Kier alpha value is -1.16. The second-order valence-electron chi connectivity index (χ2n) is 4.23. The molecule has 3 nitrogen and oxygen atoms in total. The number of aromatic nitrogens is 2. The van der Waals surface area contributed by atoms with E-state index >= 15 is 0 Å². The third-order valence-corrected chi connectivity index (χ3v) is 5.05. The minimum absolute atomic E-state index is 0.0367. The van der Waals surface area contributed by atoms with Gasteiger partial charge in [-0.05, 0) is 0 Å². The fourth-order valence-electron chi connectivity index (χ4n) is 2.00. The van der Waals surface area contributed by atoms with Crippen LogP contribution in [0, 0.1) is 13.8 Å². The van der Waals surface area contributed by atoms with E-state index in [0.717, 1.165) is 23.3 Å². The molecule has 0 spiro atoms. The molecule has 2 heterocycles. The molecule has 0 saturated carbocycles. The number of nitrogens with zero attached hydrogens (tertiary/aromatic N) is 2. The molecule has 0 radical (unpaired) electrons. The number of fused-ring (bicyclic) bond motifs is 1. The Labute approximate surface area is 116 Å².